The highest BCUT2D eigenvalue weighted by molar-refractivity contribution is 5.11. The second-order valence-corrected chi connectivity index (χ2v) is 11.8. The van der Waals surface area contributed by atoms with Crippen molar-refractivity contribution in [2.45, 2.75) is 149 Å². The fourth-order valence-electron chi connectivity index (χ4n) is 4.82. The molecule has 168 valence electrons. The van der Waals surface area contributed by atoms with Crippen LogP contribution in [0.2, 0.25) is 0 Å². The van der Waals surface area contributed by atoms with E-state index in [1.54, 1.807) is 0 Å². The zero-order chi connectivity index (χ0) is 22.1. The summed E-state index contributed by atoms with van der Waals surface area (Å²) in [6.45, 7) is 29.0. The van der Waals surface area contributed by atoms with Crippen molar-refractivity contribution in [2.24, 2.45) is 5.41 Å². The van der Waals surface area contributed by atoms with E-state index in [1.807, 2.05) is 0 Å². The molecule has 4 unspecified atom stereocenters. The summed E-state index contributed by atoms with van der Waals surface area (Å²) in [6.07, 6.45) is 7.43. The van der Waals surface area contributed by atoms with Gasteiger partial charge in [0.1, 0.15) is 0 Å². The van der Waals surface area contributed by atoms with Crippen LogP contribution in [0.1, 0.15) is 122 Å². The quantitative estimate of drug-likeness (QED) is 0.544. The largest absolute Gasteiger partial charge is 0.308 e. The molecule has 3 N–H and O–H groups in total. The molecular weight excluding hydrogens is 342 g/mol. The fourth-order valence-corrected chi connectivity index (χ4v) is 4.82. The monoisotopic (exact) mass is 395 g/mol. The number of rotatable bonds is 4. The van der Waals surface area contributed by atoms with E-state index in [1.165, 1.54) is 32.1 Å². The fraction of sp³-hybridized carbons (Fsp3) is 1.00. The minimum Gasteiger partial charge on any atom is -0.308 e. The predicted octanol–water partition coefficient (Wildman–Crippen LogP) is 6.03. The van der Waals surface area contributed by atoms with Crippen LogP contribution in [0, 0.1) is 5.41 Å². The Kier molecular flexibility index (Phi) is 7.92. The Hall–Kier alpha value is -0.120. The number of hydrogen-bond donors (Lipinski definition) is 3. The van der Waals surface area contributed by atoms with Gasteiger partial charge in [-0.2, -0.15) is 0 Å². The van der Waals surface area contributed by atoms with Crippen molar-refractivity contribution >= 4 is 0 Å². The molecule has 2 aliphatic heterocycles. The van der Waals surface area contributed by atoms with Crippen molar-refractivity contribution in [1.82, 2.24) is 16.0 Å². The van der Waals surface area contributed by atoms with E-state index in [0.717, 1.165) is 13.0 Å². The number of piperazine rings is 1. The molecular formula is C25H53N3. The van der Waals surface area contributed by atoms with Crippen LogP contribution in [0.5, 0.6) is 0 Å². The highest BCUT2D eigenvalue weighted by atomic mass is 15.2. The number of nitrogens with one attached hydrogen (secondary N) is 3. The minimum atomic E-state index is 0.177. The van der Waals surface area contributed by atoms with E-state index >= 15 is 0 Å². The summed E-state index contributed by atoms with van der Waals surface area (Å²) in [5.74, 6) is 0. The van der Waals surface area contributed by atoms with Crippen molar-refractivity contribution < 1.29 is 0 Å². The summed E-state index contributed by atoms with van der Waals surface area (Å²) in [5, 5.41) is 11.4. The molecule has 2 heterocycles. The first-order valence-corrected chi connectivity index (χ1v) is 11.9. The van der Waals surface area contributed by atoms with Crippen LogP contribution in [0.25, 0.3) is 0 Å². The first-order chi connectivity index (χ1) is 12.6. The summed E-state index contributed by atoms with van der Waals surface area (Å²) < 4.78 is 0. The highest BCUT2D eigenvalue weighted by Crippen LogP contribution is 2.45. The van der Waals surface area contributed by atoms with Crippen LogP contribution in [0.15, 0.2) is 0 Å². The predicted molar refractivity (Wildman–Crippen MR) is 126 cm³/mol. The molecule has 0 aromatic carbocycles. The number of hydrogen-bond acceptors (Lipinski definition) is 3. The standard InChI is InChI=1S/C13H27N.C12H26N2/c1-7-12(5)10-9-11(3,4)13(6,8-2)14-12;1-7-11(5)9-13-10(3,4)12(6,8-2)14-11/h14H,7-10H2,1-6H3;13-14H,7-9H2,1-6H3. The van der Waals surface area contributed by atoms with E-state index in [2.05, 4.69) is 99.0 Å². The summed E-state index contributed by atoms with van der Waals surface area (Å²) in [4.78, 5) is 0. The third kappa shape index (κ3) is 5.13. The van der Waals surface area contributed by atoms with Crippen molar-refractivity contribution in [3.8, 4) is 0 Å². The average Bonchev–Trinajstić information content (AvgIpc) is 2.63. The molecule has 0 aromatic heterocycles. The molecule has 0 amide bonds. The molecule has 2 fully saturated rings. The van der Waals surface area contributed by atoms with Crippen LogP contribution >= 0.6 is 0 Å². The Balaban J connectivity index is 0.000000280. The van der Waals surface area contributed by atoms with Crippen LogP contribution in [0.3, 0.4) is 0 Å². The molecule has 3 nitrogen and oxygen atoms in total. The molecule has 4 atom stereocenters. The van der Waals surface area contributed by atoms with Gasteiger partial charge in [-0.25, -0.2) is 0 Å². The zero-order valence-corrected chi connectivity index (χ0v) is 21.4. The lowest BCUT2D eigenvalue weighted by Gasteiger charge is -2.56. The van der Waals surface area contributed by atoms with Gasteiger partial charge in [0.2, 0.25) is 0 Å². The van der Waals surface area contributed by atoms with E-state index in [9.17, 15) is 0 Å². The lowest BCUT2D eigenvalue weighted by molar-refractivity contribution is 0.0213. The van der Waals surface area contributed by atoms with Crippen molar-refractivity contribution in [2.75, 3.05) is 6.54 Å². The van der Waals surface area contributed by atoms with Gasteiger partial charge in [-0.3, -0.25) is 0 Å². The topological polar surface area (TPSA) is 36.1 Å². The molecule has 0 bridgehead atoms. The zero-order valence-electron chi connectivity index (χ0n) is 21.4. The molecule has 2 rings (SSSR count). The molecule has 3 heteroatoms. The summed E-state index contributed by atoms with van der Waals surface area (Å²) in [6, 6.07) is 0. The Morgan fingerprint density at radius 1 is 0.571 bits per heavy atom. The Bertz CT molecular complexity index is 468. The Morgan fingerprint density at radius 3 is 1.46 bits per heavy atom. The van der Waals surface area contributed by atoms with Gasteiger partial charge in [0, 0.05) is 34.2 Å². The molecule has 0 aliphatic carbocycles. The van der Waals surface area contributed by atoms with Gasteiger partial charge in [-0.05, 0) is 85.5 Å². The lowest BCUT2D eigenvalue weighted by atomic mass is 9.62. The smallest absolute Gasteiger partial charge is 0.0332 e. The van der Waals surface area contributed by atoms with Gasteiger partial charge < -0.3 is 16.0 Å². The third-order valence-electron chi connectivity index (χ3n) is 9.23. The summed E-state index contributed by atoms with van der Waals surface area (Å²) >= 11 is 0. The molecule has 0 radical (unpaired) electrons. The van der Waals surface area contributed by atoms with Gasteiger partial charge >= 0.3 is 0 Å². The van der Waals surface area contributed by atoms with Gasteiger partial charge in [-0.1, -0.05) is 41.5 Å². The molecule has 0 aromatic rings. The average molecular weight is 396 g/mol. The molecule has 2 aliphatic rings. The SMILES string of the molecule is CCC1(C)CCC(C)(C)C(C)(CC)N1.CCC1(C)CNC(C)(C)C(C)(CC)N1. The maximum atomic E-state index is 3.90. The molecule has 0 saturated carbocycles. The van der Waals surface area contributed by atoms with E-state index in [4.69, 9.17) is 0 Å². The maximum Gasteiger partial charge on any atom is 0.0332 e. The maximum absolute atomic E-state index is 3.90. The Morgan fingerprint density at radius 2 is 1.04 bits per heavy atom. The van der Waals surface area contributed by atoms with Crippen molar-refractivity contribution in [3.05, 3.63) is 0 Å². The van der Waals surface area contributed by atoms with Crippen LogP contribution in [-0.2, 0) is 0 Å². The first-order valence-electron chi connectivity index (χ1n) is 11.9. The van der Waals surface area contributed by atoms with Gasteiger partial charge in [-0.15, -0.1) is 0 Å². The summed E-state index contributed by atoms with van der Waals surface area (Å²) in [5.41, 5.74) is 1.71. The highest BCUT2D eigenvalue weighted by Gasteiger charge is 2.48. The van der Waals surface area contributed by atoms with Crippen molar-refractivity contribution in [3.63, 3.8) is 0 Å². The first kappa shape index (κ1) is 25.9. The van der Waals surface area contributed by atoms with Gasteiger partial charge in [0.25, 0.3) is 0 Å². The third-order valence-corrected chi connectivity index (χ3v) is 9.23. The lowest BCUT2D eigenvalue weighted by Crippen LogP contribution is -2.76. The molecule has 0 spiro atoms. The normalized spacial score (nSPS) is 42.4. The Labute approximate surface area is 177 Å². The van der Waals surface area contributed by atoms with E-state index in [-0.39, 0.29) is 16.6 Å². The van der Waals surface area contributed by atoms with Crippen LogP contribution in [-0.4, -0.2) is 34.2 Å². The second-order valence-electron chi connectivity index (χ2n) is 11.8. The molecule has 2 saturated heterocycles. The summed E-state index contributed by atoms with van der Waals surface area (Å²) in [7, 11) is 0. The van der Waals surface area contributed by atoms with Gasteiger partial charge in [0.15, 0.2) is 0 Å². The van der Waals surface area contributed by atoms with Crippen LogP contribution < -0.4 is 16.0 Å². The van der Waals surface area contributed by atoms with Gasteiger partial charge in [0.05, 0.1) is 0 Å². The van der Waals surface area contributed by atoms with E-state index in [0.29, 0.717) is 16.5 Å². The molecule has 28 heavy (non-hydrogen) atoms. The van der Waals surface area contributed by atoms with Crippen molar-refractivity contribution in [1.29, 1.82) is 0 Å². The van der Waals surface area contributed by atoms with E-state index < -0.39 is 0 Å². The van der Waals surface area contributed by atoms with Crippen LogP contribution in [0.4, 0.5) is 0 Å². The number of piperidine rings is 1. The minimum absolute atomic E-state index is 0.177. The second kappa shape index (κ2) is 8.55.